The summed E-state index contributed by atoms with van der Waals surface area (Å²) in [5.74, 6) is 0.794. The van der Waals surface area contributed by atoms with Crippen LogP contribution in [0, 0.1) is 5.92 Å². The van der Waals surface area contributed by atoms with E-state index >= 15 is 0 Å². The summed E-state index contributed by atoms with van der Waals surface area (Å²) in [4.78, 5) is 0. The van der Waals surface area contributed by atoms with E-state index < -0.39 is 10.0 Å². The van der Waals surface area contributed by atoms with Gasteiger partial charge in [0.2, 0.25) is 10.0 Å². The molecule has 1 unspecified atom stereocenters. The maximum atomic E-state index is 12.6. The Labute approximate surface area is 125 Å². The highest BCUT2D eigenvalue weighted by molar-refractivity contribution is 7.89. The molecule has 1 rings (SSSR count). The van der Waals surface area contributed by atoms with E-state index in [1.165, 1.54) is 19.3 Å². The lowest BCUT2D eigenvalue weighted by molar-refractivity contribution is 0.231. The van der Waals surface area contributed by atoms with Gasteiger partial charge in [0, 0.05) is 25.7 Å². The molecule has 0 amide bonds. The maximum Gasteiger partial charge on any atom is 0.217 e. The van der Waals surface area contributed by atoms with E-state index in [4.69, 9.17) is 0 Å². The quantitative estimate of drug-likeness (QED) is 0.786. The first-order valence-corrected chi connectivity index (χ1v) is 9.49. The average Bonchev–Trinajstić information content (AvgIpc) is 2.43. The summed E-state index contributed by atoms with van der Waals surface area (Å²) in [5.41, 5.74) is 0. The van der Waals surface area contributed by atoms with Gasteiger partial charge in [-0.3, -0.25) is 0 Å². The summed E-state index contributed by atoms with van der Waals surface area (Å²) in [6.07, 6.45) is 5.58. The molecule has 1 N–H and O–H groups in total. The van der Waals surface area contributed by atoms with Crippen molar-refractivity contribution in [2.75, 3.05) is 13.6 Å². The third kappa shape index (κ3) is 4.71. The maximum absolute atomic E-state index is 12.6. The molecule has 4 nitrogen and oxygen atoms in total. The zero-order chi connectivity index (χ0) is 15.3. The van der Waals surface area contributed by atoms with Crippen LogP contribution >= 0.6 is 0 Å². The molecule has 120 valence electrons. The molecule has 0 aliphatic heterocycles. The normalized spacial score (nSPS) is 26.1. The number of hydrogen-bond donors (Lipinski definition) is 1. The Bertz CT molecular complexity index is 373. The Morgan fingerprint density at radius 3 is 2.15 bits per heavy atom. The van der Waals surface area contributed by atoms with E-state index in [9.17, 15) is 8.42 Å². The van der Waals surface area contributed by atoms with E-state index in [0.29, 0.717) is 12.6 Å². The Balaban J connectivity index is 2.58. The van der Waals surface area contributed by atoms with Crippen LogP contribution in [0.4, 0.5) is 0 Å². The van der Waals surface area contributed by atoms with Gasteiger partial charge in [0.25, 0.3) is 0 Å². The van der Waals surface area contributed by atoms with Crippen LogP contribution in [0.2, 0.25) is 0 Å². The minimum Gasteiger partial charge on any atom is -0.313 e. The molecule has 0 saturated heterocycles. The molecule has 1 aliphatic rings. The van der Waals surface area contributed by atoms with Crippen molar-refractivity contribution in [2.45, 2.75) is 77.1 Å². The minimum atomic E-state index is -3.19. The first-order chi connectivity index (χ1) is 9.28. The highest BCUT2D eigenvalue weighted by Crippen LogP contribution is 2.30. The van der Waals surface area contributed by atoms with Gasteiger partial charge in [-0.25, -0.2) is 12.7 Å². The number of nitrogens with zero attached hydrogens (tertiary/aromatic N) is 1. The third-order valence-electron chi connectivity index (χ3n) is 4.63. The van der Waals surface area contributed by atoms with Gasteiger partial charge < -0.3 is 5.32 Å². The predicted octanol–water partition coefficient (Wildman–Crippen LogP) is 2.60. The molecular formula is C15H32N2O2S. The summed E-state index contributed by atoms with van der Waals surface area (Å²) in [6, 6.07) is 0.516. The second-order valence-corrected chi connectivity index (χ2v) is 8.93. The van der Waals surface area contributed by atoms with Crippen LogP contribution in [0.1, 0.15) is 59.8 Å². The van der Waals surface area contributed by atoms with Gasteiger partial charge in [0.05, 0.1) is 5.25 Å². The lowest BCUT2D eigenvalue weighted by Crippen LogP contribution is -2.46. The average molecular weight is 305 g/mol. The fraction of sp³-hybridized carbons (Fsp3) is 1.00. The lowest BCUT2D eigenvalue weighted by atomic mass is 9.85. The fourth-order valence-corrected chi connectivity index (χ4v) is 4.42. The summed E-state index contributed by atoms with van der Waals surface area (Å²) in [7, 11) is -1.43. The molecule has 0 radical (unpaired) electrons. The highest BCUT2D eigenvalue weighted by atomic mass is 32.2. The minimum absolute atomic E-state index is 0.198. The first kappa shape index (κ1) is 17.9. The van der Waals surface area contributed by atoms with Crippen LogP contribution in [-0.2, 0) is 10.0 Å². The molecule has 0 heterocycles. The Kier molecular flexibility index (Phi) is 6.95. The van der Waals surface area contributed by atoms with E-state index in [1.54, 1.807) is 18.3 Å². The van der Waals surface area contributed by atoms with Crippen LogP contribution < -0.4 is 5.32 Å². The summed E-state index contributed by atoms with van der Waals surface area (Å²) in [6.45, 7) is 8.63. The van der Waals surface area contributed by atoms with Crippen LogP contribution in [0.3, 0.4) is 0 Å². The van der Waals surface area contributed by atoms with Gasteiger partial charge in [-0.05, 0) is 38.5 Å². The van der Waals surface area contributed by atoms with Gasteiger partial charge >= 0.3 is 0 Å². The molecule has 0 spiro atoms. The Morgan fingerprint density at radius 1 is 1.15 bits per heavy atom. The smallest absolute Gasteiger partial charge is 0.217 e. The fourth-order valence-electron chi connectivity index (χ4n) is 2.92. The first-order valence-electron chi connectivity index (χ1n) is 7.99. The molecule has 1 atom stereocenters. The van der Waals surface area contributed by atoms with Crippen molar-refractivity contribution >= 4 is 10.0 Å². The van der Waals surface area contributed by atoms with Crippen molar-refractivity contribution in [1.29, 1.82) is 0 Å². The molecule has 0 bridgehead atoms. The van der Waals surface area contributed by atoms with Crippen LogP contribution in [0.5, 0.6) is 0 Å². The van der Waals surface area contributed by atoms with E-state index in [2.05, 4.69) is 12.2 Å². The van der Waals surface area contributed by atoms with Gasteiger partial charge in [-0.15, -0.1) is 0 Å². The van der Waals surface area contributed by atoms with Crippen LogP contribution in [0.25, 0.3) is 0 Å². The topological polar surface area (TPSA) is 49.4 Å². The SMILES string of the molecule is CCC1CCC(N(C)S(=O)(=O)C(C)CNC(C)C)CC1. The molecule has 0 aromatic heterocycles. The van der Waals surface area contributed by atoms with Crippen molar-refractivity contribution in [1.82, 2.24) is 9.62 Å². The number of hydrogen-bond acceptors (Lipinski definition) is 3. The Morgan fingerprint density at radius 2 is 1.70 bits per heavy atom. The molecule has 0 aromatic rings. The van der Waals surface area contributed by atoms with E-state index in [1.807, 2.05) is 13.8 Å². The van der Waals surface area contributed by atoms with Gasteiger partial charge in [0.15, 0.2) is 0 Å². The van der Waals surface area contributed by atoms with Crippen LogP contribution in [0.15, 0.2) is 0 Å². The molecule has 1 aliphatic carbocycles. The monoisotopic (exact) mass is 304 g/mol. The summed E-state index contributed by atoms with van der Waals surface area (Å²) >= 11 is 0. The zero-order valence-corrected chi connectivity index (χ0v) is 14.5. The molecule has 0 aromatic carbocycles. The van der Waals surface area contributed by atoms with Crippen molar-refractivity contribution < 1.29 is 8.42 Å². The second kappa shape index (κ2) is 7.76. The molecular weight excluding hydrogens is 272 g/mol. The molecule has 1 fully saturated rings. The standard InChI is InChI=1S/C15H32N2O2S/c1-6-14-7-9-15(10-8-14)17(5)20(18,19)13(4)11-16-12(2)3/h12-16H,6-11H2,1-5H3. The van der Waals surface area contributed by atoms with Crippen molar-refractivity contribution in [3.63, 3.8) is 0 Å². The number of sulfonamides is 1. The lowest BCUT2D eigenvalue weighted by Gasteiger charge is -2.35. The van der Waals surface area contributed by atoms with Crippen molar-refractivity contribution in [3.8, 4) is 0 Å². The summed E-state index contributed by atoms with van der Waals surface area (Å²) < 4.78 is 26.8. The van der Waals surface area contributed by atoms with Crippen LogP contribution in [-0.4, -0.2) is 43.6 Å². The molecule has 20 heavy (non-hydrogen) atoms. The molecule has 5 heteroatoms. The number of rotatable bonds is 7. The highest BCUT2D eigenvalue weighted by Gasteiger charge is 2.33. The van der Waals surface area contributed by atoms with E-state index in [-0.39, 0.29) is 11.3 Å². The third-order valence-corrected chi connectivity index (χ3v) is 6.92. The predicted molar refractivity (Wildman–Crippen MR) is 85.3 cm³/mol. The van der Waals surface area contributed by atoms with Crippen molar-refractivity contribution in [3.05, 3.63) is 0 Å². The van der Waals surface area contributed by atoms with Crippen molar-refractivity contribution in [2.24, 2.45) is 5.92 Å². The van der Waals surface area contributed by atoms with E-state index in [0.717, 1.165) is 18.8 Å². The largest absolute Gasteiger partial charge is 0.313 e. The van der Waals surface area contributed by atoms with Gasteiger partial charge in [-0.2, -0.15) is 0 Å². The second-order valence-electron chi connectivity index (χ2n) is 6.52. The molecule has 1 saturated carbocycles. The zero-order valence-electron chi connectivity index (χ0n) is 13.7. The van der Waals surface area contributed by atoms with Gasteiger partial charge in [0.1, 0.15) is 0 Å². The van der Waals surface area contributed by atoms with Gasteiger partial charge in [-0.1, -0.05) is 27.2 Å². The Hall–Kier alpha value is -0.130. The number of nitrogens with one attached hydrogen (secondary N) is 1. The summed E-state index contributed by atoms with van der Waals surface area (Å²) in [5, 5.41) is 2.86.